The molecule has 1 fully saturated rings. The smallest absolute Gasteiger partial charge is 0.348 e. The number of hydrogen-bond acceptors (Lipinski definition) is 3. The number of H-pyrrole nitrogens is 1. The number of aromatic nitrogens is 2. The van der Waals surface area contributed by atoms with Crippen LogP contribution in [0.25, 0.3) is 0 Å². The van der Waals surface area contributed by atoms with E-state index in [1.54, 1.807) is 0 Å². The fourth-order valence-corrected chi connectivity index (χ4v) is 2.83. The minimum absolute atomic E-state index is 0.0252. The zero-order valence-corrected chi connectivity index (χ0v) is 12.7. The van der Waals surface area contributed by atoms with Crippen LogP contribution in [-0.4, -0.2) is 22.1 Å². The zero-order chi connectivity index (χ0) is 17.2. The van der Waals surface area contributed by atoms with Crippen LogP contribution in [0.3, 0.4) is 0 Å². The van der Waals surface area contributed by atoms with Crippen molar-refractivity contribution in [3.63, 3.8) is 0 Å². The molecular formula is C16H17F3N4O. The van der Waals surface area contributed by atoms with Crippen molar-refractivity contribution < 1.29 is 18.0 Å². The number of hydrogen-bond donors (Lipinski definition) is 3. The second-order valence-corrected chi connectivity index (χ2v) is 5.76. The Labute approximate surface area is 136 Å². The van der Waals surface area contributed by atoms with Crippen LogP contribution < -0.4 is 10.6 Å². The first-order valence-electron chi connectivity index (χ1n) is 7.62. The number of amides is 1. The van der Waals surface area contributed by atoms with Crippen LogP contribution in [0.4, 0.5) is 13.2 Å². The third kappa shape index (κ3) is 3.76. The lowest BCUT2D eigenvalue weighted by Crippen LogP contribution is -2.48. The lowest BCUT2D eigenvalue weighted by molar-refractivity contribution is -0.141. The predicted molar refractivity (Wildman–Crippen MR) is 80.8 cm³/mol. The molecule has 1 aromatic carbocycles. The van der Waals surface area contributed by atoms with E-state index in [-0.39, 0.29) is 24.5 Å². The van der Waals surface area contributed by atoms with Gasteiger partial charge in [0.05, 0.1) is 6.04 Å². The largest absolute Gasteiger partial charge is 0.435 e. The van der Waals surface area contributed by atoms with E-state index in [0.29, 0.717) is 18.5 Å². The van der Waals surface area contributed by atoms with E-state index in [9.17, 15) is 18.0 Å². The third-order valence-corrected chi connectivity index (χ3v) is 4.04. The fraction of sp³-hybridized carbons (Fsp3) is 0.375. The molecule has 0 spiro atoms. The minimum atomic E-state index is -4.46. The van der Waals surface area contributed by atoms with Gasteiger partial charge in [0.15, 0.2) is 5.69 Å². The van der Waals surface area contributed by atoms with E-state index in [2.05, 4.69) is 20.8 Å². The summed E-state index contributed by atoms with van der Waals surface area (Å²) in [7, 11) is 0. The number of nitrogens with one attached hydrogen (secondary N) is 3. The van der Waals surface area contributed by atoms with Crippen LogP contribution in [0.1, 0.15) is 35.8 Å². The molecule has 24 heavy (non-hydrogen) atoms. The molecule has 1 saturated heterocycles. The highest BCUT2D eigenvalue weighted by atomic mass is 19.4. The van der Waals surface area contributed by atoms with Gasteiger partial charge in [-0.15, -0.1) is 0 Å². The molecule has 0 unspecified atom stereocenters. The molecule has 8 heteroatoms. The molecule has 2 atom stereocenters. The maximum Gasteiger partial charge on any atom is 0.435 e. The van der Waals surface area contributed by atoms with Gasteiger partial charge in [-0.1, -0.05) is 30.3 Å². The topological polar surface area (TPSA) is 69.8 Å². The average Bonchev–Trinajstić information content (AvgIpc) is 3.04. The molecule has 1 aliphatic heterocycles. The summed E-state index contributed by atoms with van der Waals surface area (Å²) in [6, 6.07) is 10.2. The van der Waals surface area contributed by atoms with Gasteiger partial charge in [-0.3, -0.25) is 9.89 Å². The molecule has 3 rings (SSSR count). The normalized spacial score (nSPS) is 21.5. The summed E-state index contributed by atoms with van der Waals surface area (Å²) in [5.41, 5.74) is 0.380. The lowest BCUT2D eigenvalue weighted by Gasteiger charge is -2.33. The van der Waals surface area contributed by atoms with Crippen LogP contribution in [0.15, 0.2) is 36.4 Å². The summed E-state index contributed by atoms with van der Waals surface area (Å²) in [5, 5.41) is 11.8. The van der Waals surface area contributed by atoms with Gasteiger partial charge >= 0.3 is 6.18 Å². The van der Waals surface area contributed by atoms with Crippen molar-refractivity contribution in [1.82, 2.24) is 20.8 Å². The number of carbonyl (C=O) groups is 1. The van der Waals surface area contributed by atoms with Crippen LogP contribution in [-0.2, 0) is 17.5 Å². The first-order valence-corrected chi connectivity index (χ1v) is 7.62. The number of nitrogens with zero attached hydrogens (tertiary/aromatic N) is 1. The zero-order valence-electron chi connectivity index (χ0n) is 12.7. The molecule has 1 aromatic heterocycles. The van der Waals surface area contributed by atoms with Crippen molar-refractivity contribution in [2.45, 2.75) is 37.6 Å². The Hall–Kier alpha value is -2.35. The van der Waals surface area contributed by atoms with E-state index in [1.165, 1.54) is 0 Å². The molecule has 3 N–H and O–H groups in total. The number of aromatic amines is 1. The first-order chi connectivity index (χ1) is 11.4. The van der Waals surface area contributed by atoms with Gasteiger partial charge in [0, 0.05) is 24.7 Å². The Kier molecular flexibility index (Phi) is 4.57. The van der Waals surface area contributed by atoms with Crippen molar-refractivity contribution in [3.8, 4) is 0 Å². The standard InChI is InChI=1S/C16H17F3N4O/c17-16(18,19)13-8-11(22-23-13)9-20-12-6-7-14(24)21-15(12)10-4-2-1-3-5-10/h1-5,8,12,15,20H,6-7,9H2,(H,21,24)(H,22,23)/t12-,15+/m1/s1. The van der Waals surface area contributed by atoms with Crippen LogP contribution >= 0.6 is 0 Å². The van der Waals surface area contributed by atoms with E-state index < -0.39 is 11.9 Å². The molecule has 2 heterocycles. The summed E-state index contributed by atoms with van der Waals surface area (Å²) in [6.07, 6.45) is -3.45. The minimum Gasteiger partial charge on any atom is -0.348 e. The van der Waals surface area contributed by atoms with Gasteiger partial charge in [0.1, 0.15) is 0 Å². The van der Waals surface area contributed by atoms with Crippen LogP contribution in [0.5, 0.6) is 0 Å². The number of benzene rings is 1. The molecule has 0 radical (unpaired) electrons. The average molecular weight is 338 g/mol. The summed E-state index contributed by atoms with van der Waals surface area (Å²) < 4.78 is 37.7. The van der Waals surface area contributed by atoms with E-state index in [4.69, 9.17) is 0 Å². The van der Waals surface area contributed by atoms with Gasteiger partial charge in [-0.25, -0.2) is 0 Å². The molecule has 1 aliphatic rings. The van der Waals surface area contributed by atoms with Crippen molar-refractivity contribution in [2.75, 3.05) is 0 Å². The highest BCUT2D eigenvalue weighted by Crippen LogP contribution is 2.28. The number of piperidine rings is 1. The Morgan fingerprint density at radius 3 is 2.67 bits per heavy atom. The molecule has 2 aromatic rings. The molecule has 0 bridgehead atoms. The highest BCUT2D eigenvalue weighted by molar-refractivity contribution is 5.77. The monoisotopic (exact) mass is 338 g/mol. The molecule has 1 amide bonds. The van der Waals surface area contributed by atoms with Crippen molar-refractivity contribution in [2.24, 2.45) is 0 Å². The molecule has 0 saturated carbocycles. The number of carbonyl (C=O) groups excluding carboxylic acids is 1. The molecule has 5 nitrogen and oxygen atoms in total. The Balaban J connectivity index is 1.68. The van der Waals surface area contributed by atoms with E-state index in [0.717, 1.165) is 11.6 Å². The first kappa shape index (κ1) is 16.5. The van der Waals surface area contributed by atoms with Crippen molar-refractivity contribution >= 4 is 5.91 Å². The second kappa shape index (κ2) is 6.64. The lowest BCUT2D eigenvalue weighted by atomic mass is 9.92. The molecular weight excluding hydrogens is 321 g/mol. The van der Waals surface area contributed by atoms with E-state index >= 15 is 0 Å². The van der Waals surface area contributed by atoms with Crippen LogP contribution in [0, 0.1) is 0 Å². The van der Waals surface area contributed by atoms with Gasteiger partial charge in [0.2, 0.25) is 5.91 Å². The molecule has 0 aliphatic carbocycles. The third-order valence-electron chi connectivity index (χ3n) is 4.04. The van der Waals surface area contributed by atoms with Gasteiger partial charge in [-0.05, 0) is 18.1 Å². The maximum atomic E-state index is 12.6. The Bertz CT molecular complexity index is 699. The summed E-state index contributed by atoms with van der Waals surface area (Å²) in [6.45, 7) is 0.215. The van der Waals surface area contributed by atoms with E-state index in [1.807, 2.05) is 30.3 Å². The number of halogens is 3. The van der Waals surface area contributed by atoms with Crippen molar-refractivity contribution in [3.05, 3.63) is 53.3 Å². The number of rotatable bonds is 4. The SMILES string of the molecule is O=C1CC[C@@H](NCc2cc(C(F)(F)F)n[nH]2)[C@H](c2ccccc2)N1. The summed E-state index contributed by atoms with van der Waals surface area (Å²) in [4.78, 5) is 11.7. The Morgan fingerprint density at radius 2 is 2.00 bits per heavy atom. The summed E-state index contributed by atoms with van der Waals surface area (Å²) >= 11 is 0. The predicted octanol–water partition coefficient (Wildman–Crippen LogP) is 2.54. The van der Waals surface area contributed by atoms with Gasteiger partial charge < -0.3 is 10.6 Å². The van der Waals surface area contributed by atoms with Crippen molar-refractivity contribution in [1.29, 1.82) is 0 Å². The fourth-order valence-electron chi connectivity index (χ4n) is 2.83. The second-order valence-electron chi connectivity index (χ2n) is 5.76. The Morgan fingerprint density at radius 1 is 1.25 bits per heavy atom. The summed E-state index contributed by atoms with van der Waals surface area (Å²) in [5.74, 6) is -0.0252. The molecule has 128 valence electrons. The van der Waals surface area contributed by atoms with Crippen LogP contribution in [0.2, 0.25) is 0 Å². The quantitative estimate of drug-likeness (QED) is 0.802. The van der Waals surface area contributed by atoms with Gasteiger partial charge in [0.25, 0.3) is 0 Å². The van der Waals surface area contributed by atoms with Gasteiger partial charge in [-0.2, -0.15) is 18.3 Å². The number of alkyl halides is 3. The maximum absolute atomic E-state index is 12.6. The highest BCUT2D eigenvalue weighted by Gasteiger charge is 2.34.